The monoisotopic (exact) mass is 256 g/mol. The standard InChI is InChI=1S/C13H16N6/c1-3-7-19-12(9-8-16-18(2)11(9)14)17-10-5-4-6-15-13(10)19/h4-6,8H,3,7,14H2,1-2H3. The van der Waals surface area contributed by atoms with Crippen molar-refractivity contribution in [2.24, 2.45) is 7.05 Å². The number of fused-ring (bicyclic) bond motifs is 1. The summed E-state index contributed by atoms with van der Waals surface area (Å²) in [6.07, 6.45) is 4.55. The zero-order chi connectivity index (χ0) is 13.4. The predicted molar refractivity (Wildman–Crippen MR) is 74.4 cm³/mol. The molecular weight excluding hydrogens is 240 g/mol. The lowest BCUT2D eigenvalue weighted by molar-refractivity contribution is 0.698. The van der Waals surface area contributed by atoms with Crippen LogP contribution in [0.2, 0.25) is 0 Å². The Kier molecular flexibility index (Phi) is 2.70. The molecule has 6 heteroatoms. The lowest BCUT2D eigenvalue weighted by Gasteiger charge is -2.06. The molecule has 0 atom stereocenters. The van der Waals surface area contributed by atoms with E-state index in [4.69, 9.17) is 5.73 Å². The molecule has 0 bridgehead atoms. The summed E-state index contributed by atoms with van der Waals surface area (Å²) in [6, 6.07) is 3.85. The number of imidazole rings is 1. The zero-order valence-electron chi connectivity index (χ0n) is 11.0. The minimum Gasteiger partial charge on any atom is -0.383 e. The van der Waals surface area contributed by atoms with Crippen molar-refractivity contribution < 1.29 is 0 Å². The van der Waals surface area contributed by atoms with E-state index >= 15 is 0 Å². The summed E-state index contributed by atoms with van der Waals surface area (Å²) in [5, 5.41) is 4.18. The molecule has 0 aliphatic rings. The van der Waals surface area contributed by atoms with Crippen LogP contribution in [-0.4, -0.2) is 24.3 Å². The van der Waals surface area contributed by atoms with Crippen LogP contribution in [0.15, 0.2) is 24.5 Å². The molecule has 0 saturated carbocycles. The molecule has 3 heterocycles. The Hall–Kier alpha value is -2.37. The molecule has 0 aromatic carbocycles. The number of hydrogen-bond acceptors (Lipinski definition) is 4. The number of nitrogens with zero attached hydrogens (tertiary/aromatic N) is 5. The fraction of sp³-hybridized carbons (Fsp3) is 0.308. The Bertz CT molecular complexity index is 724. The van der Waals surface area contributed by atoms with Crippen LogP contribution < -0.4 is 5.73 Å². The van der Waals surface area contributed by atoms with E-state index in [9.17, 15) is 0 Å². The van der Waals surface area contributed by atoms with Gasteiger partial charge in [-0.15, -0.1) is 0 Å². The summed E-state index contributed by atoms with van der Waals surface area (Å²) in [5.41, 5.74) is 8.68. The largest absolute Gasteiger partial charge is 0.383 e. The minimum atomic E-state index is 0.618. The van der Waals surface area contributed by atoms with Crippen LogP contribution in [0, 0.1) is 0 Å². The fourth-order valence-corrected chi connectivity index (χ4v) is 2.22. The Morgan fingerprint density at radius 2 is 2.21 bits per heavy atom. The Labute approximate surface area is 110 Å². The predicted octanol–water partition coefficient (Wildman–Crippen LogP) is 1.82. The van der Waals surface area contributed by atoms with Crippen LogP contribution in [0.3, 0.4) is 0 Å². The molecule has 0 unspecified atom stereocenters. The molecule has 98 valence electrons. The van der Waals surface area contributed by atoms with Gasteiger partial charge < -0.3 is 10.3 Å². The van der Waals surface area contributed by atoms with E-state index in [-0.39, 0.29) is 0 Å². The van der Waals surface area contributed by atoms with Crippen molar-refractivity contribution in [3.05, 3.63) is 24.5 Å². The second-order valence-corrected chi connectivity index (χ2v) is 4.50. The molecule has 19 heavy (non-hydrogen) atoms. The summed E-state index contributed by atoms with van der Waals surface area (Å²) in [5.74, 6) is 1.45. The van der Waals surface area contributed by atoms with Gasteiger partial charge in [0.05, 0.1) is 11.8 Å². The summed E-state index contributed by atoms with van der Waals surface area (Å²) >= 11 is 0. The quantitative estimate of drug-likeness (QED) is 0.775. The van der Waals surface area contributed by atoms with E-state index in [0.717, 1.165) is 35.5 Å². The van der Waals surface area contributed by atoms with Gasteiger partial charge in [0.15, 0.2) is 5.65 Å². The summed E-state index contributed by atoms with van der Waals surface area (Å²) in [7, 11) is 1.82. The van der Waals surface area contributed by atoms with Crippen LogP contribution in [-0.2, 0) is 13.6 Å². The summed E-state index contributed by atoms with van der Waals surface area (Å²) < 4.78 is 3.75. The molecule has 0 saturated heterocycles. The van der Waals surface area contributed by atoms with Crippen molar-refractivity contribution in [1.29, 1.82) is 0 Å². The summed E-state index contributed by atoms with van der Waals surface area (Å²) in [6.45, 7) is 2.99. The molecule has 0 amide bonds. The minimum absolute atomic E-state index is 0.618. The van der Waals surface area contributed by atoms with Crippen molar-refractivity contribution in [3.8, 4) is 11.4 Å². The van der Waals surface area contributed by atoms with Crippen LogP contribution in [0.1, 0.15) is 13.3 Å². The molecule has 0 fully saturated rings. The van der Waals surface area contributed by atoms with Crippen LogP contribution >= 0.6 is 0 Å². The van der Waals surface area contributed by atoms with Gasteiger partial charge in [0.25, 0.3) is 0 Å². The third-order valence-corrected chi connectivity index (χ3v) is 3.18. The number of hydrogen-bond donors (Lipinski definition) is 1. The first-order valence-electron chi connectivity index (χ1n) is 6.31. The third kappa shape index (κ3) is 1.76. The van der Waals surface area contributed by atoms with Gasteiger partial charge in [-0.1, -0.05) is 6.92 Å². The smallest absolute Gasteiger partial charge is 0.160 e. The van der Waals surface area contributed by atoms with Crippen LogP contribution in [0.4, 0.5) is 5.82 Å². The van der Waals surface area contributed by atoms with Crippen molar-refractivity contribution in [2.45, 2.75) is 19.9 Å². The molecule has 3 aromatic heterocycles. The van der Waals surface area contributed by atoms with Gasteiger partial charge in [-0.2, -0.15) is 5.10 Å². The first-order chi connectivity index (χ1) is 9.22. The molecule has 2 N–H and O–H groups in total. The maximum atomic E-state index is 6.05. The van der Waals surface area contributed by atoms with Crippen molar-refractivity contribution in [1.82, 2.24) is 24.3 Å². The first kappa shape index (κ1) is 11.7. The number of rotatable bonds is 3. The normalized spacial score (nSPS) is 11.3. The number of aryl methyl sites for hydroxylation is 2. The molecule has 0 radical (unpaired) electrons. The second kappa shape index (κ2) is 4.38. The molecule has 0 spiro atoms. The highest BCUT2D eigenvalue weighted by atomic mass is 15.3. The number of aromatic nitrogens is 5. The Balaban J connectivity index is 2.28. The van der Waals surface area contributed by atoms with Gasteiger partial charge in [-0.3, -0.25) is 4.68 Å². The maximum absolute atomic E-state index is 6.05. The lowest BCUT2D eigenvalue weighted by Crippen LogP contribution is -2.03. The van der Waals surface area contributed by atoms with Crippen molar-refractivity contribution in [3.63, 3.8) is 0 Å². The number of pyridine rings is 1. The number of nitrogens with two attached hydrogens (primary N) is 1. The van der Waals surface area contributed by atoms with Gasteiger partial charge in [-0.05, 0) is 18.6 Å². The van der Waals surface area contributed by atoms with E-state index in [0.29, 0.717) is 5.82 Å². The van der Waals surface area contributed by atoms with E-state index in [1.807, 2.05) is 19.2 Å². The first-order valence-corrected chi connectivity index (χ1v) is 6.31. The molecule has 0 aliphatic heterocycles. The van der Waals surface area contributed by atoms with Crippen molar-refractivity contribution >= 4 is 17.0 Å². The van der Waals surface area contributed by atoms with Gasteiger partial charge in [0, 0.05) is 19.8 Å². The lowest BCUT2D eigenvalue weighted by atomic mass is 10.3. The van der Waals surface area contributed by atoms with E-state index in [1.54, 1.807) is 17.1 Å². The van der Waals surface area contributed by atoms with Crippen LogP contribution in [0.25, 0.3) is 22.6 Å². The molecule has 6 nitrogen and oxygen atoms in total. The Morgan fingerprint density at radius 3 is 2.89 bits per heavy atom. The highest BCUT2D eigenvalue weighted by Crippen LogP contribution is 2.27. The Morgan fingerprint density at radius 1 is 1.37 bits per heavy atom. The third-order valence-electron chi connectivity index (χ3n) is 3.18. The van der Waals surface area contributed by atoms with E-state index in [1.165, 1.54) is 0 Å². The van der Waals surface area contributed by atoms with E-state index < -0.39 is 0 Å². The van der Waals surface area contributed by atoms with Gasteiger partial charge in [0.2, 0.25) is 0 Å². The second-order valence-electron chi connectivity index (χ2n) is 4.50. The van der Waals surface area contributed by atoms with Gasteiger partial charge in [0.1, 0.15) is 17.2 Å². The highest BCUT2D eigenvalue weighted by Gasteiger charge is 2.17. The zero-order valence-corrected chi connectivity index (χ0v) is 11.0. The number of nitrogen functional groups attached to an aromatic ring is 1. The number of anilines is 1. The van der Waals surface area contributed by atoms with Gasteiger partial charge in [-0.25, -0.2) is 9.97 Å². The molecular formula is C13H16N6. The van der Waals surface area contributed by atoms with E-state index in [2.05, 4.69) is 26.6 Å². The van der Waals surface area contributed by atoms with Gasteiger partial charge >= 0.3 is 0 Å². The highest BCUT2D eigenvalue weighted by molar-refractivity contribution is 5.79. The SMILES string of the molecule is CCCn1c(-c2cnn(C)c2N)nc2cccnc21. The molecule has 3 rings (SSSR count). The fourth-order valence-electron chi connectivity index (χ4n) is 2.22. The average molecular weight is 256 g/mol. The molecule has 3 aromatic rings. The molecule has 0 aliphatic carbocycles. The maximum Gasteiger partial charge on any atom is 0.160 e. The average Bonchev–Trinajstić information content (AvgIpc) is 2.93. The van der Waals surface area contributed by atoms with Crippen LogP contribution in [0.5, 0.6) is 0 Å². The van der Waals surface area contributed by atoms with Crippen molar-refractivity contribution in [2.75, 3.05) is 5.73 Å². The topological polar surface area (TPSA) is 74.5 Å². The summed E-state index contributed by atoms with van der Waals surface area (Å²) in [4.78, 5) is 9.06.